The van der Waals surface area contributed by atoms with Crippen molar-refractivity contribution < 1.29 is 0 Å². The van der Waals surface area contributed by atoms with E-state index in [9.17, 15) is 0 Å². The summed E-state index contributed by atoms with van der Waals surface area (Å²) in [5.74, 6) is 0. The highest BCUT2D eigenvalue weighted by molar-refractivity contribution is 9.10. The molecule has 0 radical (unpaired) electrons. The summed E-state index contributed by atoms with van der Waals surface area (Å²) in [6.45, 7) is 1.04. The van der Waals surface area contributed by atoms with Crippen molar-refractivity contribution in [3.63, 3.8) is 0 Å². The number of halogens is 1. The predicted molar refractivity (Wildman–Crippen MR) is 131 cm³/mol. The molecule has 1 unspecified atom stereocenters. The van der Waals surface area contributed by atoms with Gasteiger partial charge in [0.25, 0.3) is 0 Å². The third-order valence-corrected chi connectivity index (χ3v) is 7.01. The smallest absolute Gasteiger partial charge is 0.0364 e. The summed E-state index contributed by atoms with van der Waals surface area (Å²) in [5.41, 5.74) is 4.28. The predicted octanol–water partition coefficient (Wildman–Crippen LogP) is 7.34. The Hall–Kier alpha value is -2.68. The van der Waals surface area contributed by atoms with Gasteiger partial charge in [0, 0.05) is 10.5 Å². The first-order chi connectivity index (χ1) is 14.8. The first-order valence-electron chi connectivity index (χ1n) is 10.6. The van der Waals surface area contributed by atoms with Gasteiger partial charge >= 0.3 is 0 Å². The van der Waals surface area contributed by atoms with Crippen LogP contribution in [0.4, 0.5) is 0 Å². The Morgan fingerprint density at radius 1 is 0.733 bits per heavy atom. The summed E-state index contributed by atoms with van der Waals surface area (Å²) in [6, 6.07) is 31.8. The van der Waals surface area contributed by atoms with Crippen LogP contribution in [0.3, 0.4) is 0 Å². The highest BCUT2D eigenvalue weighted by Crippen LogP contribution is 2.33. The fourth-order valence-corrected chi connectivity index (χ4v) is 5.40. The third-order valence-electron chi connectivity index (χ3n) is 6.52. The molecule has 1 heterocycles. The number of rotatable bonds is 2. The Kier molecular flexibility index (Phi) is 4.36. The van der Waals surface area contributed by atoms with Gasteiger partial charge in [0.15, 0.2) is 0 Å². The third kappa shape index (κ3) is 3.03. The second-order valence-electron chi connectivity index (χ2n) is 8.31. The van der Waals surface area contributed by atoms with Crippen molar-refractivity contribution in [3.05, 3.63) is 106 Å². The molecule has 2 heteroatoms. The number of hydrogen-bond acceptors (Lipinski definition) is 1. The summed E-state index contributed by atoms with van der Waals surface area (Å²) in [6.07, 6.45) is 2.11. The zero-order chi connectivity index (χ0) is 20.1. The van der Waals surface area contributed by atoms with Crippen LogP contribution in [0, 0.1) is 0 Å². The highest BCUT2D eigenvalue weighted by Gasteiger charge is 2.20. The average Bonchev–Trinajstić information content (AvgIpc) is 2.79. The van der Waals surface area contributed by atoms with Crippen molar-refractivity contribution in [1.29, 1.82) is 0 Å². The first-order valence-corrected chi connectivity index (χ1v) is 11.4. The minimum atomic E-state index is 0.361. The first kappa shape index (κ1) is 18.1. The molecule has 146 valence electrons. The van der Waals surface area contributed by atoms with E-state index < -0.39 is 0 Å². The van der Waals surface area contributed by atoms with E-state index in [0.717, 1.165) is 23.9 Å². The van der Waals surface area contributed by atoms with Gasteiger partial charge in [-0.05, 0) is 80.5 Å². The molecule has 0 bridgehead atoms. The maximum Gasteiger partial charge on any atom is 0.0364 e. The Balaban J connectivity index is 1.46. The lowest BCUT2D eigenvalue weighted by atomic mass is 9.89. The van der Waals surface area contributed by atoms with E-state index in [1.807, 2.05) is 0 Å². The van der Waals surface area contributed by atoms with Gasteiger partial charge in [-0.1, -0.05) is 88.7 Å². The van der Waals surface area contributed by atoms with Gasteiger partial charge in [-0.25, -0.2) is 0 Å². The fraction of sp³-hybridized carbons (Fsp3) is 0.143. The molecule has 1 atom stereocenters. The van der Waals surface area contributed by atoms with Crippen LogP contribution in [0.25, 0.3) is 32.3 Å². The van der Waals surface area contributed by atoms with E-state index in [-0.39, 0.29) is 0 Å². The standard InChI is InChI=1S/C28H22BrN/c29-22-10-7-21-13-14-30-28(27(21)17-22)16-18-5-6-20-9-11-24-23-4-2-1-3-19(23)8-12-25(24)26(20)15-18/h1-12,15,17,28,30H,13-14,16H2. The summed E-state index contributed by atoms with van der Waals surface area (Å²) < 4.78 is 1.16. The normalized spacial score (nSPS) is 16.2. The summed E-state index contributed by atoms with van der Waals surface area (Å²) >= 11 is 3.65. The van der Waals surface area contributed by atoms with Crippen molar-refractivity contribution in [3.8, 4) is 0 Å². The molecule has 5 aromatic rings. The number of nitrogens with one attached hydrogen (secondary N) is 1. The van der Waals surface area contributed by atoms with Crippen LogP contribution >= 0.6 is 15.9 Å². The van der Waals surface area contributed by atoms with Gasteiger partial charge in [0.05, 0.1) is 0 Å². The minimum absolute atomic E-state index is 0.361. The van der Waals surface area contributed by atoms with Gasteiger partial charge < -0.3 is 5.32 Å². The molecule has 30 heavy (non-hydrogen) atoms. The van der Waals surface area contributed by atoms with E-state index in [1.54, 1.807) is 0 Å². The molecule has 0 aromatic heterocycles. The zero-order valence-corrected chi connectivity index (χ0v) is 18.2. The van der Waals surface area contributed by atoms with Crippen molar-refractivity contribution in [2.75, 3.05) is 6.54 Å². The Morgan fingerprint density at radius 3 is 2.40 bits per heavy atom. The van der Waals surface area contributed by atoms with E-state index in [4.69, 9.17) is 0 Å². The summed E-state index contributed by atoms with van der Waals surface area (Å²) in [5, 5.41) is 11.7. The van der Waals surface area contributed by atoms with Crippen LogP contribution in [-0.2, 0) is 12.8 Å². The molecule has 0 saturated carbocycles. The van der Waals surface area contributed by atoms with Crippen LogP contribution in [0.2, 0.25) is 0 Å². The van der Waals surface area contributed by atoms with Crippen molar-refractivity contribution >= 4 is 48.2 Å². The van der Waals surface area contributed by atoms with Gasteiger partial charge in [-0.15, -0.1) is 0 Å². The molecule has 1 nitrogen and oxygen atoms in total. The van der Waals surface area contributed by atoms with E-state index >= 15 is 0 Å². The molecule has 5 aromatic carbocycles. The molecule has 1 aliphatic heterocycles. The lowest BCUT2D eigenvalue weighted by molar-refractivity contribution is 0.502. The molecular weight excluding hydrogens is 430 g/mol. The summed E-state index contributed by atoms with van der Waals surface area (Å²) in [4.78, 5) is 0. The van der Waals surface area contributed by atoms with Crippen LogP contribution in [-0.4, -0.2) is 6.54 Å². The van der Waals surface area contributed by atoms with Crippen molar-refractivity contribution in [2.24, 2.45) is 0 Å². The van der Waals surface area contributed by atoms with Gasteiger partial charge in [-0.3, -0.25) is 0 Å². The number of hydrogen-bond donors (Lipinski definition) is 1. The molecule has 0 spiro atoms. The Bertz CT molecular complexity index is 1420. The van der Waals surface area contributed by atoms with Gasteiger partial charge in [0.1, 0.15) is 0 Å². The lowest BCUT2D eigenvalue weighted by Crippen LogP contribution is -2.31. The van der Waals surface area contributed by atoms with Crippen LogP contribution < -0.4 is 5.32 Å². The monoisotopic (exact) mass is 451 g/mol. The number of fused-ring (bicyclic) bond motifs is 6. The molecule has 0 saturated heterocycles. The zero-order valence-electron chi connectivity index (χ0n) is 16.7. The van der Waals surface area contributed by atoms with Crippen LogP contribution in [0.1, 0.15) is 22.7 Å². The topological polar surface area (TPSA) is 12.0 Å². The van der Waals surface area contributed by atoms with Gasteiger partial charge in [0.2, 0.25) is 0 Å². The molecule has 1 N–H and O–H groups in total. The Morgan fingerprint density at radius 2 is 1.50 bits per heavy atom. The van der Waals surface area contributed by atoms with Crippen LogP contribution in [0.5, 0.6) is 0 Å². The molecule has 0 aliphatic carbocycles. The maximum absolute atomic E-state index is 3.74. The maximum atomic E-state index is 3.74. The van der Waals surface area contributed by atoms with Crippen LogP contribution in [0.15, 0.2) is 89.4 Å². The van der Waals surface area contributed by atoms with E-state index in [0.29, 0.717) is 6.04 Å². The van der Waals surface area contributed by atoms with E-state index in [2.05, 4.69) is 106 Å². The SMILES string of the molecule is Brc1ccc2c(c1)C(Cc1ccc3ccc4c5ccccc5ccc4c3c1)NCC2. The summed E-state index contributed by atoms with van der Waals surface area (Å²) in [7, 11) is 0. The molecule has 0 amide bonds. The van der Waals surface area contributed by atoms with Gasteiger partial charge in [-0.2, -0.15) is 0 Å². The van der Waals surface area contributed by atoms with E-state index in [1.165, 1.54) is 49.0 Å². The molecule has 6 rings (SSSR count). The lowest BCUT2D eigenvalue weighted by Gasteiger charge is -2.27. The molecular formula is C28H22BrN. The average molecular weight is 452 g/mol. The van der Waals surface area contributed by atoms with Crippen molar-refractivity contribution in [2.45, 2.75) is 18.9 Å². The largest absolute Gasteiger partial charge is 0.309 e. The number of benzene rings is 5. The fourth-order valence-electron chi connectivity index (χ4n) is 5.02. The highest BCUT2D eigenvalue weighted by atomic mass is 79.9. The second kappa shape index (κ2) is 7.23. The Labute approximate surface area is 184 Å². The quantitative estimate of drug-likeness (QED) is 0.276. The molecule has 0 fully saturated rings. The second-order valence-corrected chi connectivity index (χ2v) is 9.22. The van der Waals surface area contributed by atoms with Crippen molar-refractivity contribution in [1.82, 2.24) is 5.32 Å². The minimum Gasteiger partial charge on any atom is -0.309 e. The molecule has 1 aliphatic rings.